The van der Waals surface area contributed by atoms with Crippen LogP contribution in [0.2, 0.25) is 0 Å². The van der Waals surface area contributed by atoms with Crippen molar-refractivity contribution in [1.29, 1.82) is 0 Å². The average Bonchev–Trinajstić information content (AvgIpc) is 2.88. The minimum absolute atomic E-state index is 0.447. The van der Waals surface area contributed by atoms with E-state index in [2.05, 4.69) is 15.5 Å². The maximum absolute atomic E-state index is 5.37. The van der Waals surface area contributed by atoms with Crippen LogP contribution < -0.4 is 5.32 Å². The lowest BCUT2D eigenvalue weighted by atomic mass is 9.86. The van der Waals surface area contributed by atoms with Crippen molar-refractivity contribution in [2.24, 2.45) is 0 Å². The Balaban J connectivity index is 1.82. The quantitative estimate of drug-likeness (QED) is 0.785. The van der Waals surface area contributed by atoms with Crippen molar-refractivity contribution in [3.63, 3.8) is 0 Å². The van der Waals surface area contributed by atoms with Crippen molar-refractivity contribution in [2.45, 2.75) is 51.0 Å². The Morgan fingerprint density at radius 3 is 2.78 bits per heavy atom. The van der Waals surface area contributed by atoms with Crippen LogP contribution in [0.1, 0.15) is 50.2 Å². The monoisotopic (exact) mass is 253 g/mol. The Kier molecular flexibility index (Phi) is 5.13. The van der Waals surface area contributed by atoms with Crippen LogP contribution >= 0.6 is 0 Å². The number of ether oxygens (including phenoxy) is 1. The number of hydrogen-bond acceptors (Lipinski definition) is 5. The van der Waals surface area contributed by atoms with Crippen molar-refractivity contribution >= 4 is 0 Å². The smallest absolute Gasteiger partial charge is 0.229 e. The fourth-order valence-electron chi connectivity index (χ4n) is 2.47. The molecule has 0 aromatic carbocycles. The van der Waals surface area contributed by atoms with Crippen molar-refractivity contribution in [3.8, 4) is 0 Å². The number of aromatic nitrogens is 2. The van der Waals surface area contributed by atoms with Crippen LogP contribution in [0.15, 0.2) is 4.52 Å². The molecule has 0 unspecified atom stereocenters. The Morgan fingerprint density at radius 1 is 1.33 bits per heavy atom. The van der Waals surface area contributed by atoms with Gasteiger partial charge in [-0.3, -0.25) is 0 Å². The van der Waals surface area contributed by atoms with Gasteiger partial charge in [0, 0.05) is 25.0 Å². The van der Waals surface area contributed by atoms with Gasteiger partial charge in [0.15, 0.2) is 5.82 Å². The SMILES string of the molecule is CCOCCc1noc(C2CCC(NC)CC2)n1. The van der Waals surface area contributed by atoms with E-state index in [0.717, 1.165) is 37.6 Å². The topological polar surface area (TPSA) is 60.2 Å². The standard InChI is InChI=1S/C13H23N3O2/c1-3-17-9-8-12-15-13(18-16-12)10-4-6-11(14-2)7-5-10/h10-11,14H,3-9H2,1-2H3. The van der Waals surface area contributed by atoms with E-state index in [4.69, 9.17) is 9.26 Å². The summed E-state index contributed by atoms with van der Waals surface area (Å²) >= 11 is 0. The van der Waals surface area contributed by atoms with E-state index < -0.39 is 0 Å². The van der Waals surface area contributed by atoms with Gasteiger partial charge in [-0.2, -0.15) is 4.98 Å². The molecule has 102 valence electrons. The predicted octanol–water partition coefficient (Wildman–Crippen LogP) is 1.89. The lowest BCUT2D eigenvalue weighted by Crippen LogP contribution is -2.29. The van der Waals surface area contributed by atoms with E-state index in [-0.39, 0.29) is 0 Å². The highest BCUT2D eigenvalue weighted by Gasteiger charge is 2.25. The van der Waals surface area contributed by atoms with Crippen molar-refractivity contribution in [1.82, 2.24) is 15.5 Å². The zero-order chi connectivity index (χ0) is 12.8. The molecule has 0 bridgehead atoms. The molecule has 1 aliphatic rings. The van der Waals surface area contributed by atoms with Gasteiger partial charge in [0.25, 0.3) is 0 Å². The van der Waals surface area contributed by atoms with Gasteiger partial charge >= 0.3 is 0 Å². The predicted molar refractivity (Wildman–Crippen MR) is 68.6 cm³/mol. The highest BCUT2D eigenvalue weighted by Crippen LogP contribution is 2.31. The molecule has 0 saturated heterocycles. The maximum Gasteiger partial charge on any atom is 0.229 e. The first kappa shape index (κ1) is 13.5. The molecule has 0 atom stereocenters. The summed E-state index contributed by atoms with van der Waals surface area (Å²) in [6.07, 6.45) is 5.40. The second kappa shape index (κ2) is 6.85. The van der Waals surface area contributed by atoms with Crippen LogP contribution in [0.5, 0.6) is 0 Å². The molecule has 5 heteroatoms. The Bertz CT molecular complexity index is 346. The highest BCUT2D eigenvalue weighted by molar-refractivity contribution is 4.97. The molecule has 18 heavy (non-hydrogen) atoms. The summed E-state index contributed by atoms with van der Waals surface area (Å²) in [6.45, 7) is 3.39. The molecule has 5 nitrogen and oxygen atoms in total. The van der Waals surface area contributed by atoms with E-state index in [9.17, 15) is 0 Å². The van der Waals surface area contributed by atoms with E-state index in [1.54, 1.807) is 0 Å². The molecular weight excluding hydrogens is 230 g/mol. The molecule has 0 aliphatic heterocycles. The first-order valence-electron chi connectivity index (χ1n) is 6.91. The minimum atomic E-state index is 0.447. The lowest BCUT2D eigenvalue weighted by molar-refractivity contribution is 0.149. The van der Waals surface area contributed by atoms with Gasteiger partial charge in [-0.1, -0.05) is 5.16 Å². The average molecular weight is 253 g/mol. The summed E-state index contributed by atoms with van der Waals surface area (Å²) in [6, 6.07) is 0.654. The maximum atomic E-state index is 5.37. The van der Waals surface area contributed by atoms with Gasteiger partial charge in [-0.05, 0) is 39.7 Å². The molecule has 1 N–H and O–H groups in total. The highest BCUT2D eigenvalue weighted by atomic mass is 16.5. The van der Waals surface area contributed by atoms with Crippen LogP contribution in [0.3, 0.4) is 0 Å². The summed E-state index contributed by atoms with van der Waals surface area (Å²) in [5, 5.41) is 7.35. The molecule has 1 fully saturated rings. The molecule has 0 spiro atoms. The van der Waals surface area contributed by atoms with Crippen LogP contribution in [0, 0.1) is 0 Å². The number of nitrogens with one attached hydrogen (secondary N) is 1. The third-order valence-corrected chi connectivity index (χ3v) is 3.64. The van der Waals surface area contributed by atoms with Gasteiger partial charge in [0.05, 0.1) is 6.61 Å². The van der Waals surface area contributed by atoms with Crippen molar-refractivity contribution < 1.29 is 9.26 Å². The summed E-state index contributed by atoms with van der Waals surface area (Å²) in [4.78, 5) is 4.48. The van der Waals surface area contributed by atoms with Gasteiger partial charge in [0.1, 0.15) is 0 Å². The van der Waals surface area contributed by atoms with Crippen LogP contribution in [-0.4, -0.2) is 36.4 Å². The molecule has 2 rings (SSSR count). The molecule has 1 saturated carbocycles. The van der Waals surface area contributed by atoms with Gasteiger partial charge < -0.3 is 14.6 Å². The first-order chi connectivity index (χ1) is 8.83. The number of hydrogen-bond donors (Lipinski definition) is 1. The van der Waals surface area contributed by atoms with Crippen molar-refractivity contribution in [2.75, 3.05) is 20.3 Å². The normalized spacial score (nSPS) is 24.3. The first-order valence-corrected chi connectivity index (χ1v) is 6.91. The van der Waals surface area contributed by atoms with E-state index in [0.29, 0.717) is 18.6 Å². The zero-order valence-electron chi connectivity index (χ0n) is 11.3. The van der Waals surface area contributed by atoms with Crippen LogP contribution in [0.4, 0.5) is 0 Å². The minimum Gasteiger partial charge on any atom is -0.381 e. The Labute approximate surface area is 108 Å². The van der Waals surface area contributed by atoms with E-state index in [1.165, 1.54) is 12.8 Å². The summed E-state index contributed by atoms with van der Waals surface area (Å²) in [7, 11) is 2.03. The van der Waals surface area contributed by atoms with Gasteiger partial charge in [0.2, 0.25) is 5.89 Å². The molecule has 1 heterocycles. The largest absolute Gasteiger partial charge is 0.381 e. The van der Waals surface area contributed by atoms with Gasteiger partial charge in [-0.15, -0.1) is 0 Å². The fourth-order valence-corrected chi connectivity index (χ4v) is 2.47. The fraction of sp³-hybridized carbons (Fsp3) is 0.846. The number of rotatable bonds is 6. The second-order valence-electron chi connectivity index (χ2n) is 4.83. The molecule has 1 aromatic rings. The summed E-state index contributed by atoms with van der Waals surface area (Å²) in [5.41, 5.74) is 0. The van der Waals surface area contributed by atoms with Gasteiger partial charge in [-0.25, -0.2) is 0 Å². The molecule has 1 aliphatic carbocycles. The van der Waals surface area contributed by atoms with E-state index >= 15 is 0 Å². The second-order valence-corrected chi connectivity index (χ2v) is 4.83. The molecular formula is C13H23N3O2. The summed E-state index contributed by atoms with van der Waals surface area (Å²) in [5.74, 6) is 2.04. The zero-order valence-corrected chi connectivity index (χ0v) is 11.3. The molecule has 0 amide bonds. The third-order valence-electron chi connectivity index (χ3n) is 3.64. The number of nitrogens with zero attached hydrogens (tertiary/aromatic N) is 2. The molecule has 1 aromatic heterocycles. The van der Waals surface area contributed by atoms with Crippen molar-refractivity contribution in [3.05, 3.63) is 11.7 Å². The Hall–Kier alpha value is -0.940. The summed E-state index contributed by atoms with van der Waals surface area (Å²) < 4.78 is 10.7. The third kappa shape index (κ3) is 3.53. The molecule has 0 radical (unpaired) electrons. The van der Waals surface area contributed by atoms with Crippen LogP contribution in [0.25, 0.3) is 0 Å². The lowest BCUT2D eigenvalue weighted by Gasteiger charge is -2.25. The Morgan fingerprint density at radius 2 is 2.11 bits per heavy atom. The van der Waals surface area contributed by atoms with Crippen LogP contribution in [-0.2, 0) is 11.2 Å². The van der Waals surface area contributed by atoms with E-state index in [1.807, 2.05) is 14.0 Å².